The van der Waals surface area contributed by atoms with Crippen molar-refractivity contribution in [2.24, 2.45) is 0 Å². The first-order chi connectivity index (χ1) is 12.1. The lowest BCUT2D eigenvalue weighted by Crippen LogP contribution is -2.38. The number of nitrogens with one attached hydrogen (secondary N) is 1. The van der Waals surface area contributed by atoms with E-state index in [1.165, 1.54) is 0 Å². The number of hydrogen-bond donors (Lipinski definition) is 1. The van der Waals surface area contributed by atoms with E-state index in [9.17, 15) is 9.59 Å². The van der Waals surface area contributed by atoms with Crippen LogP contribution in [0.5, 0.6) is 5.75 Å². The smallest absolute Gasteiger partial charge is 0.227 e. The predicted octanol–water partition coefficient (Wildman–Crippen LogP) is 3.16. The molecule has 130 valence electrons. The summed E-state index contributed by atoms with van der Waals surface area (Å²) in [5, 5.41) is 3.41. The van der Waals surface area contributed by atoms with Gasteiger partial charge in [-0.05, 0) is 23.8 Å². The normalized spacial score (nSPS) is 12.9. The summed E-state index contributed by atoms with van der Waals surface area (Å²) in [6.07, 6.45) is 0.297. The zero-order valence-corrected chi connectivity index (χ0v) is 14.5. The molecule has 1 N–H and O–H groups in total. The number of halogens is 1. The molecule has 1 heterocycles. The number of carbonyl (C=O) groups is 2. The SMILES string of the molecule is O=C(CCC(=O)N1CCOc2ccccc21)NCc1ccccc1Cl. The van der Waals surface area contributed by atoms with Gasteiger partial charge in [0.2, 0.25) is 11.8 Å². The van der Waals surface area contributed by atoms with Gasteiger partial charge >= 0.3 is 0 Å². The summed E-state index contributed by atoms with van der Waals surface area (Å²) in [6.45, 7) is 1.31. The molecule has 5 nitrogen and oxygen atoms in total. The van der Waals surface area contributed by atoms with Crippen LogP contribution in [0.25, 0.3) is 0 Å². The van der Waals surface area contributed by atoms with Crippen molar-refractivity contribution in [3.05, 3.63) is 59.1 Å². The first-order valence-electron chi connectivity index (χ1n) is 8.17. The van der Waals surface area contributed by atoms with Crippen molar-refractivity contribution < 1.29 is 14.3 Å². The lowest BCUT2D eigenvalue weighted by molar-refractivity contribution is -0.125. The molecule has 0 bridgehead atoms. The second-order valence-electron chi connectivity index (χ2n) is 5.73. The Bertz CT molecular complexity index is 779. The van der Waals surface area contributed by atoms with Crippen molar-refractivity contribution in [1.82, 2.24) is 5.32 Å². The van der Waals surface area contributed by atoms with Gasteiger partial charge in [0, 0.05) is 24.4 Å². The average molecular weight is 359 g/mol. The largest absolute Gasteiger partial charge is 0.490 e. The number of para-hydroxylation sites is 2. The number of hydrogen-bond acceptors (Lipinski definition) is 3. The van der Waals surface area contributed by atoms with E-state index < -0.39 is 0 Å². The zero-order chi connectivity index (χ0) is 17.6. The fourth-order valence-corrected chi connectivity index (χ4v) is 2.91. The minimum atomic E-state index is -0.171. The Morgan fingerprint density at radius 3 is 2.68 bits per heavy atom. The lowest BCUT2D eigenvalue weighted by Gasteiger charge is -2.29. The predicted molar refractivity (Wildman–Crippen MR) is 96.8 cm³/mol. The van der Waals surface area contributed by atoms with Gasteiger partial charge in [0.15, 0.2) is 0 Å². The number of anilines is 1. The molecule has 6 heteroatoms. The third-order valence-corrected chi connectivity index (χ3v) is 4.40. The Balaban J connectivity index is 1.51. The number of ether oxygens (including phenoxy) is 1. The highest BCUT2D eigenvalue weighted by atomic mass is 35.5. The Kier molecular flexibility index (Phi) is 5.56. The van der Waals surface area contributed by atoms with Crippen LogP contribution in [0.1, 0.15) is 18.4 Å². The fourth-order valence-electron chi connectivity index (χ4n) is 2.71. The maximum absolute atomic E-state index is 12.5. The quantitative estimate of drug-likeness (QED) is 0.893. The number of nitrogens with zero attached hydrogens (tertiary/aromatic N) is 1. The summed E-state index contributed by atoms with van der Waals surface area (Å²) in [5.41, 5.74) is 1.61. The van der Waals surface area contributed by atoms with E-state index >= 15 is 0 Å². The zero-order valence-electron chi connectivity index (χ0n) is 13.7. The molecule has 0 fully saturated rings. The van der Waals surface area contributed by atoms with Crippen molar-refractivity contribution >= 4 is 29.1 Å². The molecule has 0 spiro atoms. The summed E-state index contributed by atoms with van der Waals surface area (Å²) in [7, 11) is 0. The van der Waals surface area contributed by atoms with Crippen molar-refractivity contribution in [3.63, 3.8) is 0 Å². The number of rotatable bonds is 5. The van der Waals surface area contributed by atoms with Crippen LogP contribution in [0.15, 0.2) is 48.5 Å². The van der Waals surface area contributed by atoms with Gasteiger partial charge < -0.3 is 15.0 Å². The maximum Gasteiger partial charge on any atom is 0.227 e. The fraction of sp³-hybridized carbons (Fsp3) is 0.263. The van der Waals surface area contributed by atoms with E-state index in [0.717, 1.165) is 11.3 Å². The van der Waals surface area contributed by atoms with Crippen LogP contribution < -0.4 is 15.0 Å². The average Bonchev–Trinajstić information content (AvgIpc) is 2.65. The van der Waals surface area contributed by atoms with Crippen LogP contribution in [-0.2, 0) is 16.1 Å². The van der Waals surface area contributed by atoms with Gasteiger partial charge in [-0.1, -0.05) is 41.9 Å². The van der Waals surface area contributed by atoms with Crippen molar-refractivity contribution in [2.45, 2.75) is 19.4 Å². The summed E-state index contributed by atoms with van der Waals surface area (Å²) < 4.78 is 5.54. The molecule has 0 aromatic heterocycles. The van der Waals surface area contributed by atoms with Gasteiger partial charge in [0.05, 0.1) is 12.2 Å². The van der Waals surface area contributed by atoms with Crippen LogP contribution in [0.4, 0.5) is 5.69 Å². The van der Waals surface area contributed by atoms with E-state index in [-0.39, 0.29) is 24.7 Å². The monoisotopic (exact) mass is 358 g/mol. The molecule has 0 saturated heterocycles. The Morgan fingerprint density at radius 1 is 1.08 bits per heavy atom. The van der Waals surface area contributed by atoms with Gasteiger partial charge in [-0.2, -0.15) is 0 Å². The second kappa shape index (κ2) is 8.03. The first kappa shape index (κ1) is 17.3. The van der Waals surface area contributed by atoms with E-state index in [4.69, 9.17) is 16.3 Å². The molecular formula is C19H19ClN2O3. The number of carbonyl (C=O) groups excluding carboxylic acids is 2. The van der Waals surface area contributed by atoms with Crippen molar-refractivity contribution in [3.8, 4) is 5.75 Å². The lowest BCUT2D eigenvalue weighted by atomic mass is 10.2. The molecule has 2 aromatic carbocycles. The van der Waals surface area contributed by atoms with Crippen molar-refractivity contribution in [2.75, 3.05) is 18.1 Å². The Morgan fingerprint density at radius 2 is 1.84 bits per heavy atom. The number of fused-ring (bicyclic) bond motifs is 1. The Labute approximate surface area is 151 Å². The molecule has 1 aliphatic rings. The van der Waals surface area contributed by atoms with Crippen molar-refractivity contribution in [1.29, 1.82) is 0 Å². The number of amides is 2. The maximum atomic E-state index is 12.5. The van der Waals surface area contributed by atoms with E-state index in [1.54, 1.807) is 11.0 Å². The third-order valence-electron chi connectivity index (χ3n) is 4.03. The van der Waals surface area contributed by atoms with Crippen LogP contribution in [0.2, 0.25) is 5.02 Å². The summed E-state index contributed by atoms with van der Waals surface area (Å²) >= 11 is 6.06. The van der Waals surface area contributed by atoms with Gasteiger partial charge in [0.25, 0.3) is 0 Å². The van der Waals surface area contributed by atoms with Crippen LogP contribution in [0.3, 0.4) is 0 Å². The molecule has 0 atom stereocenters. The van der Waals surface area contributed by atoms with Gasteiger partial charge in [-0.15, -0.1) is 0 Å². The first-order valence-corrected chi connectivity index (χ1v) is 8.55. The molecule has 3 rings (SSSR count). The molecule has 25 heavy (non-hydrogen) atoms. The second-order valence-corrected chi connectivity index (χ2v) is 6.14. The summed E-state index contributed by atoms with van der Waals surface area (Å²) in [5.74, 6) is 0.448. The molecule has 0 unspecified atom stereocenters. The molecular weight excluding hydrogens is 340 g/mol. The molecule has 0 aliphatic carbocycles. The summed E-state index contributed by atoms with van der Waals surface area (Å²) in [4.78, 5) is 26.2. The molecule has 0 radical (unpaired) electrons. The van der Waals surface area contributed by atoms with E-state index in [1.807, 2.05) is 42.5 Å². The van der Waals surface area contributed by atoms with E-state index in [0.29, 0.717) is 30.5 Å². The summed E-state index contributed by atoms with van der Waals surface area (Å²) in [6, 6.07) is 14.8. The topological polar surface area (TPSA) is 58.6 Å². The molecule has 2 amide bonds. The third kappa shape index (κ3) is 4.31. The van der Waals surface area contributed by atoms with Gasteiger partial charge in [-0.3, -0.25) is 9.59 Å². The van der Waals surface area contributed by atoms with Crippen LogP contribution in [-0.4, -0.2) is 25.0 Å². The van der Waals surface area contributed by atoms with E-state index in [2.05, 4.69) is 5.32 Å². The van der Waals surface area contributed by atoms with Crippen LogP contribution in [0, 0.1) is 0 Å². The number of benzene rings is 2. The van der Waals surface area contributed by atoms with Gasteiger partial charge in [-0.25, -0.2) is 0 Å². The van der Waals surface area contributed by atoms with Gasteiger partial charge in [0.1, 0.15) is 12.4 Å². The Hall–Kier alpha value is -2.53. The highest BCUT2D eigenvalue weighted by Crippen LogP contribution is 2.31. The molecule has 1 aliphatic heterocycles. The molecule has 0 saturated carbocycles. The van der Waals surface area contributed by atoms with Crippen LogP contribution >= 0.6 is 11.6 Å². The minimum Gasteiger partial charge on any atom is -0.490 e. The highest BCUT2D eigenvalue weighted by Gasteiger charge is 2.23. The molecule has 2 aromatic rings. The highest BCUT2D eigenvalue weighted by molar-refractivity contribution is 6.31. The standard InChI is InChI=1S/C19H19ClN2O3/c20-15-6-2-1-5-14(15)13-21-18(23)9-10-19(24)22-11-12-25-17-8-4-3-7-16(17)22/h1-8H,9-13H2,(H,21,23). The minimum absolute atomic E-state index is 0.0800.